The number of aliphatic hydroxyl groups is 1. The largest absolute Gasteiger partial charge is 0.460 e. The lowest BCUT2D eigenvalue weighted by molar-refractivity contribution is -0.147. The molecule has 0 unspecified atom stereocenters. The van der Waals surface area contributed by atoms with Crippen molar-refractivity contribution >= 4 is 52.4 Å². The molecule has 1 aromatic carbocycles. The summed E-state index contributed by atoms with van der Waals surface area (Å²) in [7, 11) is 0. The molecule has 2 atom stereocenters. The van der Waals surface area contributed by atoms with Crippen LogP contribution in [0.5, 0.6) is 0 Å². The molecule has 7 heteroatoms. The van der Waals surface area contributed by atoms with Gasteiger partial charge in [0.25, 0.3) is 0 Å². The van der Waals surface area contributed by atoms with Gasteiger partial charge in [-0.3, -0.25) is 4.79 Å². The van der Waals surface area contributed by atoms with Gasteiger partial charge in [0, 0.05) is 12.2 Å². The van der Waals surface area contributed by atoms with Crippen molar-refractivity contribution in [2.45, 2.75) is 40.7 Å². The molecule has 2 rings (SSSR count). The number of rotatable bonds is 6. The molecule has 0 aliphatic heterocycles. The van der Waals surface area contributed by atoms with E-state index in [1.165, 1.54) is 5.57 Å². The van der Waals surface area contributed by atoms with Crippen molar-refractivity contribution in [3.63, 3.8) is 0 Å². The van der Waals surface area contributed by atoms with Gasteiger partial charge in [0.1, 0.15) is 6.61 Å². The Kier molecular flexibility index (Phi) is 6.96. The smallest absolute Gasteiger partial charge is 0.310 e. The van der Waals surface area contributed by atoms with E-state index in [-0.39, 0.29) is 62.9 Å². The quantitative estimate of drug-likeness (QED) is 0.330. The molecule has 0 aromatic heterocycles. The number of hydrogen-bond donors (Lipinski definition) is 1. The number of benzene rings is 1. The Bertz CT molecular complexity index is 723. The molecule has 144 valence electrons. The van der Waals surface area contributed by atoms with E-state index >= 15 is 0 Å². The average Bonchev–Trinajstić information content (AvgIpc) is 3.09. The first-order valence-electron chi connectivity index (χ1n) is 8.30. The van der Waals surface area contributed by atoms with E-state index in [9.17, 15) is 4.79 Å². The number of hydrogen-bond acceptors (Lipinski definition) is 3. The van der Waals surface area contributed by atoms with Gasteiger partial charge < -0.3 is 9.84 Å². The van der Waals surface area contributed by atoms with E-state index in [4.69, 9.17) is 56.2 Å². The van der Waals surface area contributed by atoms with Crippen LogP contribution in [0, 0.1) is 17.3 Å². The average molecular weight is 440 g/mol. The van der Waals surface area contributed by atoms with E-state index < -0.39 is 0 Å². The van der Waals surface area contributed by atoms with Crippen molar-refractivity contribution in [3.8, 4) is 0 Å². The fraction of sp³-hybridized carbons (Fsp3) is 0.526. The van der Waals surface area contributed by atoms with Crippen LogP contribution in [-0.4, -0.2) is 17.7 Å². The number of halogens is 4. The van der Waals surface area contributed by atoms with Crippen LogP contribution in [0.15, 0.2) is 11.6 Å². The molecule has 1 aromatic rings. The second-order valence-corrected chi connectivity index (χ2v) is 8.88. The van der Waals surface area contributed by atoms with Crippen LogP contribution >= 0.6 is 46.4 Å². The predicted molar refractivity (Wildman–Crippen MR) is 107 cm³/mol. The van der Waals surface area contributed by atoms with E-state index in [1.807, 2.05) is 27.7 Å². The molecule has 0 saturated heterocycles. The molecule has 1 saturated carbocycles. The highest BCUT2D eigenvalue weighted by Crippen LogP contribution is 2.60. The van der Waals surface area contributed by atoms with Gasteiger partial charge in [-0.2, -0.15) is 0 Å². The summed E-state index contributed by atoms with van der Waals surface area (Å²) in [6.07, 6.45) is 2.33. The zero-order chi connectivity index (χ0) is 19.8. The van der Waals surface area contributed by atoms with Crippen LogP contribution in [0.25, 0.3) is 0 Å². The third-order valence-corrected chi connectivity index (χ3v) is 6.71. The van der Waals surface area contributed by atoms with Crippen LogP contribution in [0.1, 0.15) is 38.8 Å². The molecular formula is C19H22Cl4O3. The van der Waals surface area contributed by atoms with E-state index in [2.05, 4.69) is 6.08 Å². The first-order chi connectivity index (χ1) is 12.0. The Morgan fingerprint density at radius 2 is 1.58 bits per heavy atom. The Balaban J connectivity index is 2.18. The van der Waals surface area contributed by atoms with Crippen molar-refractivity contribution in [1.29, 1.82) is 0 Å². The molecule has 0 heterocycles. The maximum absolute atomic E-state index is 12.5. The maximum atomic E-state index is 12.5. The molecule has 0 bridgehead atoms. The summed E-state index contributed by atoms with van der Waals surface area (Å²) in [5.41, 5.74) is 1.88. The summed E-state index contributed by atoms with van der Waals surface area (Å²) in [6.45, 7) is 7.86. The van der Waals surface area contributed by atoms with Gasteiger partial charge in [-0.25, -0.2) is 0 Å². The van der Waals surface area contributed by atoms with Crippen molar-refractivity contribution in [2.75, 3.05) is 6.61 Å². The molecule has 0 radical (unpaired) electrons. The molecule has 1 aliphatic carbocycles. The van der Waals surface area contributed by atoms with Gasteiger partial charge >= 0.3 is 5.97 Å². The monoisotopic (exact) mass is 438 g/mol. The van der Waals surface area contributed by atoms with Crippen molar-refractivity contribution in [3.05, 3.63) is 42.9 Å². The Hall–Kier alpha value is -0.450. The lowest BCUT2D eigenvalue weighted by Crippen LogP contribution is -2.11. The second kappa shape index (κ2) is 8.28. The zero-order valence-electron chi connectivity index (χ0n) is 15.1. The summed E-state index contributed by atoms with van der Waals surface area (Å²) in [6, 6.07) is 0. The van der Waals surface area contributed by atoms with Crippen LogP contribution in [0.2, 0.25) is 20.1 Å². The third kappa shape index (κ3) is 4.18. The molecule has 1 fully saturated rings. The van der Waals surface area contributed by atoms with Gasteiger partial charge in [0.15, 0.2) is 0 Å². The van der Waals surface area contributed by atoms with Crippen molar-refractivity contribution in [1.82, 2.24) is 0 Å². The lowest BCUT2D eigenvalue weighted by atomic mass is 10.1. The summed E-state index contributed by atoms with van der Waals surface area (Å²) in [5.74, 6) is -0.337. The van der Waals surface area contributed by atoms with Gasteiger partial charge in [0.05, 0.1) is 26.0 Å². The first-order valence-corrected chi connectivity index (χ1v) is 9.81. The molecule has 0 amide bonds. The Labute approximate surface area is 174 Å². The molecule has 3 nitrogen and oxygen atoms in total. The summed E-state index contributed by atoms with van der Waals surface area (Å²) < 4.78 is 5.47. The van der Waals surface area contributed by atoms with Gasteiger partial charge in [-0.05, 0) is 37.2 Å². The van der Waals surface area contributed by atoms with Crippen molar-refractivity contribution in [2.24, 2.45) is 17.3 Å². The normalized spacial score (nSPS) is 20.7. The van der Waals surface area contributed by atoms with Gasteiger partial charge in [0.2, 0.25) is 0 Å². The third-order valence-electron chi connectivity index (χ3n) is 4.84. The number of aliphatic hydroxyl groups excluding tert-OH is 1. The summed E-state index contributed by atoms with van der Waals surface area (Å²) in [4.78, 5) is 12.5. The lowest BCUT2D eigenvalue weighted by Gasteiger charge is -2.15. The van der Waals surface area contributed by atoms with E-state index in [0.717, 1.165) is 0 Å². The Morgan fingerprint density at radius 3 is 2.04 bits per heavy atom. The van der Waals surface area contributed by atoms with Crippen LogP contribution in [-0.2, 0) is 22.6 Å². The second-order valence-electron chi connectivity index (χ2n) is 7.36. The molecule has 1 N–H and O–H groups in total. The maximum Gasteiger partial charge on any atom is 0.310 e. The minimum atomic E-state index is -0.295. The summed E-state index contributed by atoms with van der Waals surface area (Å²) in [5, 5.41) is 9.93. The van der Waals surface area contributed by atoms with Crippen LogP contribution < -0.4 is 0 Å². The van der Waals surface area contributed by atoms with Crippen LogP contribution in [0.3, 0.4) is 0 Å². The minimum absolute atomic E-state index is 0.108. The fourth-order valence-corrected chi connectivity index (χ4v) is 4.44. The van der Waals surface area contributed by atoms with Gasteiger partial charge in [-0.15, -0.1) is 0 Å². The first kappa shape index (κ1) is 21.8. The highest BCUT2D eigenvalue weighted by atomic mass is 35.5. The fourth-order valence-electron chi connectivity index (χ4n) is 3.21. The van der Waals surface area contributed by atoms with E-state index in [1.54, 1.807) is 0 Å². The number of carbonyl (C=O) groups excluding carboxylic acids is 1. The molecule has 0 spiro atoms. The van der Waals surface area contributed by atoms with Crippen LogP contribution in [0.4, 0.5) is 0 Å². The number of ether oxygens (including phenoxy) is 1. The van der Waals surface area contributed by atoms with Gasteiger partial charge in [-0.1, -0.05) is 71.9 Å². The van der Waals surface area contributed by atoms with E-state index in [0.29, 0.717) is 11.1 Å². The highest BCUT2D eigenvalue weighted by Gasteiger charge is 2.61. The van der Waals surface area contributed by atoms with Crippen molar-refractivity contribution < 1.29 is 14.6 Å². The molecule has 1 aliphatic rings. The highest BCUT2D eigenvalue weighted by molar-refractivity contribution is 6.48. The number of allylic oxidation sites excluding steroid dienone is 2. The summed E-state index contributed by atoms with van der Waals surface area (Å²) >= 11 is 25.0. The number of carbonyl (C=O) groups is 1. The number of esters is 1. The SMILES string of the molecule is CC(C)=C[C@@H]1[C@@H](C(=O)OCc2c(Cl)c(Cl)c(CCO)c(Cl)c2Cl)C1(C)C. The standard InChI is InChI=1S/C19H22Cl4O3/c1-9(2)7-12-13(19(12,3)4)18(25)26-8-11-16(22)14(20)10(5-6-24)15(21)17(11)23/h7,12-13,24H,5-6,8H2,1-4H3/t12-,13+/m1/s1. The minimum Gasteiger partial charge on any atom is -0.460 e. The predicted octanol–water partition coefficient (Wildman–Crippen LogP) is 6.12. The molecule has 26 heavy (non-hydrogen) atoms. The molecular weight excluding hydrogens is 418 g/mol. The zero-order valence-corrected chi connectivity index (χ0v) is 18.2. The topological polar surface area (TPSA) is 46.5 Å². The Morgan fingerprint density at radius 1 is 1.08 bits per heavy atom.